The summed E-state index contributed by atoms with van der Waals surface area (Å²) < 4.78 is 7.26. The average molecular weight is 336 g/mol. The first-order valence-corrected chi connectivity index (χ1v) is 8.38. The number of nitrogens with zero attached hydrogens (tertiary/aromatic N) is 4. The molecule has 0 unspecified atom stereocenters. The maximum absolute atomic E-state index is 12.8. The summed E-state index contributed by atoms with van der Waals surface area (Å²) in [6, 6.07) is 11.2. The van der Waals surface area contributed by atoms with Crippen molar-refractivity contribution in [1.82, 2.24) is 19.4 Å². The van der Waals surface area contributed by atoms with Gasteiger partial charge in [-0.05, 0) is 36.8 Å². The van der Waals surface area contributed by atoms with Crippen molar-refractivity contribution in [3.05, 3.63) is 54.0 Å². The number of ether oxygens (including phenoxy) is 1. The van der Waals surface area contributed by atoms with Crippen LogP contribution >= 0.6 is 0 Å². The zero-order chi connectivity index (χ0) is 17.4. The van der Waals surface area contributed by atoms with Gasteiger partial charge in [0.25, 0.3) is 5.91 Å². The van der Waals surface area contributed by atoms with Gasteiger partial charge in [0.2, 0.25) is 0 Å². The highest BCUT2D eigenvalue weighted by Gasteiger charge is 2.31. The normalized spacial score (nSPS) is 17.2. The zero-order valence-electron chi connectivity index (χ0n) is 14.3. The van der Waals surface area contributed by atoms with Gasteiger partial charge in [0.15, 0.2) is 5.65 Å². The molecule has 128 valence electrons. The summed E-state index contributed by atoms with van der Waals surface area (Å²) >= 11 is 0. The van der Waals surface area contributed by atoms with Crippen molar-refractivity contribution in [2.75, 3.05) is 20.2 Å². The average Bonchev–Trinajstić information content (AvgIpc) is 3.26. The molecule has 0 aliphatic carbocycles. The minimum atomic E-state index is 0.0401. The molecule has 1 aromatic carbocycles. The number of pyridine rings is 1. The maximum atomic E-state index is 12.8. The standard InChI is InChI=1S/C19H20N4O2/c1-22-17(21-16-7-4-9-20-18(16)22)14-8-10-23(12-14)19(24)13-5-3-6-15(11-13)25-2/h3-7,9,11,14H,8,10,12H2,1-2H3/t14-/m0/s1. The lowest BCUT2D eigenvalue weighted by Gasteiger charge is -2.17. The summed E-state index contributed by atoms with van der Waals surface area (Å²) in [5, 5.41) is 0. The van der Waals surface area contributed by atoms with Crippen LogP contribution in [0.1, 0.15) is 28.5 Å². The summed E-state index contributed by atoms with van der Waals surface area (Å²) in [4.78, 5) is 23.8. The predicted molar refractivity (Wildman–Crippen MR) is 94.8 cm³/mol. The Bertz CT molecular complexity index is 934. The number of aromatic nitrogens is 3. The smallest absolute Gasteiger partial charge is 0.254 e. The Kier molecular flexibility index (Phi) is 3.87. The van der Waals surface area contributed by atoms with Crippen LogP contribution in [0.15, 0.2) is 42.6 Å². The highest BCUT2D eigenvalue weighted by molar-refractivity contribution is 5.94. The van der Waals surface area contributed by atoms with Crippen LogP contribution in [0.3, 0.4) is 0 Å². The van der Waals surface area contributed by atoms with Crippen LogP contribution in [0.2, 0.25) is 0 Å². The van der Waals surface area contributed by atoms with Crippen LogP contribution < -0.4 is 4.74 Å². The molecule has 1 amide bonds. The van der Waals surface area contributed by atoms with Crippen LogP contribution in [0, 0.1) is 0 Å². The monoisotopic (exact) mass is 336 g/mol. The van der Waals surface area contributed by atoms with Crippen molar-refractivity contribution >= 4 is 17.1 Å². The Balaban J connectivity index is 1.56. The molecule has 6 nitrogen and oxygen atoms in total. The molecule has 0 radical (unpaired) electrons. The first-order valence-electron chi connectivity index (χ1n) is 8.38. The second-order valence-electron chi connectivity index (χ2n) is 6.34. The van der Waals surface area contributed by atoms with E-state index in [0.29, 0.717) is 17.9 Å². The molecule has 0 bridgehead atoms. The van der Waals surface area contributed by atoms with E-state index in [9.17, 15) is 4.79 Å². The van der Waals surface area contributed by atoms with Crippen molar-refractivity contribution in [2.45, 2.75) is 12.3 Å². The second-order valence-corrected chi connectivity index (χ2v) is 6.34. The predicted octanol–water partition coefficient (Wildman–Crippen LogP) is 2.61. The summed E-state index contributed by atoms with van der Waals surface area (Å²) in [5.74, 6) is 1.96. The number of amides is 1. The Morgan fingerprint density at radius 3 is 2.96 bits per heavy atom. The van der Waals surface area contributed by atoms with Gasteiger partial charge in [0.1, 0.15) is 17.1 Å². The first-order chi connectivity index (χ1) is 12.2. The van der Waals surface area contributed by atoms with Crippen molar-refractivity contribution in [3.63, 3.8) is 0 Å². The number of hydrogen-bond acceptors (Lipinski definition) is 4. The molecule has 0 saturated carbocycles. The van der Waals surface area contributed by atoms with Gasteiger partial charge >= 0.3 is 0 Å². The summed E-state index contributed by atoms with van der Waals surface area (Å²) in [7, 11) is 3.60. The first kappa shape index (κ1) is 15.6. The van der Waals surface area contributed by atoms with Crippen LogP contribution in [0.4, 0.5) is 0 Å². The third-order valence-electron chi connectivity index (χ3n) is 4.82. The van der Waals surface area contributed by atoms with Gasteiger partial charge < -0.3 is 14.2 Å². The Morgan fingerprint density at radius 2 is 2.16 bits per heavy atom. The van der Waals surface area contributed by atoms with Gasteiger partial charge in [0.05, 0.1) is 7.11 Å². The Labute approximate surface area is 146 Å². The number of carbonyl (C=O) groups is 1. The zero-order valence-corrected chi connectivity index (χ0v) is 14.3. The fourth-order valence-corrected chi connectivity index (χ4v) is 3.50. The summed E-state index contributed by atoms with van der Waals surface area (Å²) in [6.07, 6.45) is 2.69. The molecule has 25 heavy (non-hydrogen) atoms. The number of fused-ring (bicyclic) bond motifs is 1. The molecule has 3 heterocycles. The van der Waals surface area contributed by atoms with Crippen molar-refractivity contribution in [1.29, 1.82) is 0 Å². The molecule has 1 saturated heterocycles. The van der Waals surface area contributed by atoms with Gasteiger partial charge in [-0.15, -0.1) is 0 Å². The highest BCUT2D eigenvalue weighted by Crippen LogP contribution is 2.29. The van der Waals surface area contributed by atoms with Crippen LogP contribution in [-0.4, -0.2) is 45.5 Å². The topological polar surface area (TPSA) is 60.2 Å². The van der Waals surface area contributed by atoms with E-state index in [1.807, 2.05) is 46.8 Å². The van der Waals surface area contributed by atoms with E-state index in [2.05, 4.69) is 4.98 Å². The molecule has 6 heteroatoms. The summed E-state index contributed by atoms with van der Waals surface area (Å²) in [5.41, 5.74) is 2.44. The molecular formula is C19H20N4O2. The number of imidazole rings is 1. The van der Waals surface area contributed by atoms with Crippen LogP contribution in [0.25, 0.3) is 11.2 Å². The molecule has 0 spiro atoms. The van der Waals surface area contributed by atoms with E-state index in [0.717, 1.165) is 30.0 Å². The van der Waals surface area contributed by atoms with Crippen LogP contribution in [0.5, 0.6) is 5.75 Å². The SMILES string of the molecule is COc1cccc(C(=O)N2CC[C@H](c3nc4cccnc4n3C)C2)c1. The van der Waals surface area contributed by atoms with Gasteiger partial charge in [0, 0.05) is 37.8 Å². The largest absolute Gasteiger partial charge is 0.497 e. The third kappa shape index (κ3) is 2.73. The molecule has 3 aromatic rings. The number of carbonyl (C=O) groups excluding carboxylic acids is 1. The van der Waals surface area contributed by atoms with Gasteiger partial charge in [-0.2, -0.15) is 0 Å². The summed E-state index contributed by atoms with van der Waals surface area (Å²) in [6.45, 7) is 1.41. The van der Waals surface area contributed by atoms with Gasteiger partial charge in [-0.25, -0.2) is 9.97 Å². The minimum Gasteiger partial charge on any atom is -0.497 e. The lowest BCUT2D eigenvalue weighted by Crippen LogP contribution is -2.28. The van der Waals surface area contributed by atoms with E-state index in [1.54, 1.807) is 19.4 Å². The Hall–Kier alpha value is -2.89. The lowest BCUT2D eigenvalue weighted by molar-refractivity contribution is 0.0790. The fraction of sp³-hybridized carbons (Fsp3) is 0.316. The number of likely N-dealkylation sites (tertiary alicyclic amines) is 1. The molecule has 0 N–H and O–H groups in total. The second kappa shape index (κ2) is 6.20. The van der Waals surface area contributed by atoms with Crippen molar-refractivity contribution in [3.8, 4) is 5.75 Å². The van der Waals surface area contributed by atoms with E-state index in [-0.39, 0.29) is 11.8 Å². The molecule has 1 aliphatic heterocycles. The molecule has 4 rings (SSSR count). The minimum absolute atomic E-state index is 0.0401. The van der Waals surface area contributed by atoms with Crippen LogP contribution in [-0.2, 0) is 7.05 Å². The Morgan fingerprint density at radius 1 is 1.28 bits per heavy atom. The van der Waals surface area contributed by atoms with E-state index in [1.165, 1.54) is 0 Å². The number of methoxy groups -OCH3 is 1. The van der Waals surface area contributed by atoms with Crippen molar-refractivity contribution < 1.29 is 9.53 Å². The molecule has 1 atom stereocenters. The third-order valence-corrected chi connectivity index (χ3v) is 4.82. The quantitative estimate of drug-likeness (QED) is 0.738. The van der Waals surface area contributed by atoms with E-state index in [4.69, 9.17) is 9.72 Å². The van der Waals surface area contributed by atoms with E-state index >= 15 is 0 Å². The molecule has 1 aliphatic rings. The van der Waals surface area contributed by atoms with Gasteiger partial charge in [-0.3, -0.25) is 4.79 Å². The lowest BCUT2D eigenvalue weighted by atomic mass is 10.1. The molecule has 1 fully saturated rings. The maximum Gasteiger partial charge on any atom is 0.254 e. The fourth-order valence-electron chi connectivity index (χ4n) is 3.50. The highest BCUT2D eigenvalue weighted by atomic mass is 16.5. The van der Waals surface area contributed by atoms with E-state index < -0.39 is 0 Å². The van der Waals surface area contributed by atoms with Crippen molar-refractivity contribution in [2.24, 2.45) is 7.05 Å². The molecular weight excluding hydrogens is 316 g/mol. The molecule has 2 aromatic heterocycles. The van der Waals surface area contributed by atoms with Gasteiger partial charge in [-0.1, -0.05) is 6.07 Å². The number of aryl methyl sites for hydroxylation is 1. The number of rotatable bonds is 3. The number of hydrogen-bond donors (Lipinski definition) is 0. The number of benzene rings is 1.